The van der Waals surface area contributed by atoms with Crippen molar-refractivity contribution in [2.45, 2.75) is 37.6 Å². The largest absolute Gasteiger partial charge is 0.480 e. The fourth-order valence-electron chi connectivity index (χ4n) is 2.24. The molecule has 2 atom stereocenters. The second-order valence-corrected chi connectivity index (χ2v) is 7.25. The number of aliphatic carboxylic acids is 2. The van der Waals surface area contributed by atoms with E-state index in [2.05, 4.69) is 10.6 Å². The fourth-order valence-corrected chi connectivity index (χ4v) is 3.25. The highest BCUT2D eigenvalue weighted by Gasteiger charge is 2.22. The Morgan fingerprint density at radius 3 is 2.54 bits per heavy atom. The molecule has 1 rings (SSSR count). The van der Waals surface area contributed by atoms with E-state index in [9.17, 15) is 19.2 Å². The van der Waals surface area contributed by atoms with Gasteiger partial charge in [0.25, 0.3) is 0 Å². The average Bonchev–Trinajstić information content (AvgIpc) is 2.63. The lowest BCUT2D eigenvalue weighted by Gasteiger charge is -2.18. The first kappa shape index (κ1) is 23.4. The maximum Gasteiger partial charge on any atom is 0.322 e. The van der Waals surface area contributed by atoms with E-state index in [0.29, 0.717) is 5.75 Å². The Morgan fingerprint density at radius 2 is 1.93 bits per heavy atom. The number of nitrogens with two attached hydrogens (primary N) is 1. The lowest BCUT2D eigenvalue weighted by molar-refractivity contribution is -0.139. The number of carbonyl (C=O) groups excluding carboxylic acids is 2. The molecular weight excluding hydrogens is 386 g/mol. The molecule has 0 heterocycles. The molecule has 154 valence electrons. The van der Waals surface area contributed by atoms with Crippen LogP contribution in [0.1, 0.15) is 24.0 Å². The lowest BCUT2D eigenvalue weighted by Crippen LogP contribution is -2.49. The molecule has 0 aliphatic rings. The number of carboxylic acid groups (broad SMARTS) is 2. The molecule has 0 spiro atoms. The zero-order chi connectivity index (χ0) is 21.1. The van der Waals surface area contributed by atoms with Gasteiger partial charge in [0.2, 0.25) is 11.8 Å². The molecule has 0 bridgehead atoms. The highest BCUT2D eigenvalue weighted by Crippen LogP contribution is 2.15. The van der Waals surface area contributed by atoms with Gasteiger partial charge in [0.15, 0.2) is 0 Å². The number of hydrogen-bond donors (Lipinski definition) is 5. The first-order valence-electron chi connectivity index (χ1n) is 8.59. The molecule has 28 heavy (non-hydrogen) atoms. The maximum absolute atomic E-state index is 12.2. The van der Waals surface area contributed by atoms with E-state index in [1.54, 1.807) is 0 Å². The van der Waals surface area contributed by atoms with Crippen molar-refractivity contribution in [3.63, 3.8) is 0 Å². The van der Waals surface area contributed by atoms with Gasteiger partial charge in [0.1, 0.15) is 18.6 Å². The minimum Gasteiger partial charge on any atom is -0.480 e. The van der Waals surface area contributed by atoms with Crippen LogP contribution in [0.3, 0.4) is 0 Å². The van der Waals surface area contributed by atoms with Crippen LogP contribution < -0.4 is 16.4 Å². The van der Waals surface area contributed by atoms with Crippen LogP contribution in [-0.4, -0.2) is 58.3 Å². The predicted molar refractivity (Wildman–Crippen MR) is 105 cm³/mol. The molecule has 6 N–H and O–H groups in total. The summed E-state index contributed by atoms with van der Waals surface area (Å²) in [7, 11) is 0. The average molecular weight is 411 g/mol. The monoisotopic (exact) mass is 411 g/mol. The molecule has 0 aliphatic heterocycles. The zero-order valence-corrected chi connectivity index (χ0v) is 16.3. The number of aryl methyl sites for hydroxylation is 1. The minimum atomic E-state index is -1.21. The van der Waals surface area contributed by atoms with Gasteiger partial charge in [-0.05, 0) is 18.9 Å². The number of nitrogens with one attached hydrogen (secondary N) is 2. The lowest BCUT2D eigenvalue weighted by atomic mass is 10.1. The summed E-state index contributed by atoms with van der Waals surface area (Å²) in [6, 6.07) is 5.75. The molecule has 0 fully saturated rings. The SMILES string of the molecule is Cc1cccc(CSCC(NC(=O)CCC(N)C(=O)O)C(=O)NCC(=O)O)c1. The minimum absolute atomic E-state index is 0.0684. The number of rotatable bonds is 12. The quantitative estimate of drug-likeness (QED) is 0.324. The summed E-state index contributed by atoms with van der Waals surface area (Å²) in [6.07, 6.45) is -0.222. The number of hydrogen-bond acceptors (Lipinski definition) is 6. The summed E-state index contributed by atoms with van der Waals surface area (Å²) in [6.45, 7) is 1.41. The van der Waals surface area contributed by atoms with Gasteiger partial charge in [-0.1, -0.05) is 29.8 Å². The third-order valence-electron chi connectivity index (χ3n) is 3.70. The molecule has 9 nitrogen and oxygen atoms in total. The summed E-state index contributed by atoms with van der Waals surface area (Å²) in [5, 5.41) is 22.2. The smallest absolute Gasteiger partial charge is 0.322 e. The van der Waals surface area contributed by atoms with Gasteiger partial charge in [-0.3, -0.25) is 19.2 Å². The third-order valence-corrected chi connectivity index (χ3v) is 4.81. The molecule has 0 aromatic heterocycles. The Labute approximate surface area is 167 Å². The van der Waals surface area contributed by atoms with Crippen molar-refractivity contribution in [3.05, 3.63) is 35.4 Å². The van der Waals surface area contributed by atoms with E-state index in [1.165, 1.54) is 11.8 Å². The van der Waals surface area contributed by atoms with Crippen molar-refractivity contribution in [1.82, 2.24) is 10.6 Å². The molecule has 0 saturated carbocycles. The second kappa shape index (κ2) is 12.0. The van der Waals surface area contributed by atoms with Crippen LogP contribution in [0.15, 0.2) is 24.3 Å². The summed E-state index contributed by atoms with van der Waals surface area (Å²) in [4.78, 5) is 45.6. The van der Waals surface area contributed by atoms with Gasteiger partial charge in [-0.15, -0.1) is 0 Å². The fraction of sp³-hybridized carbons (Fsp3) is 0.444. The van der Waals surface area contributed by atoms with Crippen molar-refractivity contribution in [2.24, 2.45) is 5.73 Å². The van der Waals surface area contributed by atoms with Crippen molar-refractivity contribution in [3.8, 4) is 0 Å². The van der Waals surface area contributed by atoms with Crippen LogP contribution in [0.5, 0.6) is 0 Å². The van der Waals surface area contributed by atoms with E-state index >= 15 is 0 Å². The van der Waals surface area contributed by atoms with E-state index < -0.39 is 42.4 Å². The normalized spacial score (nSPS) is 12.6. The summed E-state index contributed by atoms with van der Waals surface area (Å²) in [5.74, 6) is -2.70. The first-order valence-corrected chi connectivity index (χ1v) is 9.75. The zero-order valence-electron chi connectivity index (χ0n) is 15.5. The highest BCUT2D eigenvalue weighted by molar-refractivity contribution is 7.98. The number of carboxylic acids is 2. The topological polar surface area (TPSA) is 159 Å². The molecule has 10 heteroatoms. The van der Waals surface area contributed by atoms with E-state index in [4.69, 9.17) is 15.9 Å². The van der Waals surface area contributed by atoms with Crippen molar-refractivity contribution in [1.29, 1.82) is 0 Å². The van der Waals surface area contributed by atoms with Gasteiger partial charge >= 0.3 is 11.9 Å². The van der Waals surface area contributed by atoms with Crippen LogP contribution in [0.4, 0.5) is 0 Å². The second-order valence-electron chi connectivity index (χ2n) is 6.22. The van der Waals surface area contributed by atoms with Crippen molar-refractivity contribution in [2.75, 3.05) is 12.3 Å². The molecule has 1 aromatic rings. The number of benzene rings is 1. The highest BCUT2D eigenvalue weighted by atomic mass is 32.2. The predicted octanol–water partition coefficient (Wildman–Crippen LogP) is 0.106. The van der Waals surface area contributed by atoms with Crippen LogP contribution in [0.2, 0.25) is 0 Å². The van der Waals surface area contributed by atoms with Gasteiger partial charge in [-0.2, -0.15) is 11.8 Å². The molecule has 0 radical (unpaired) electrons. The molecule has 1 aromatic carbocycles. The van der Waals surface area contributed by atoms with Crippen LogP contribution in [0, 0.1) is 6.92 Å². The van der Waals surface area contributed by atoms with Gasteiger partial charge in [0.05, 0.1) is 0 Å². The van der Waals surface area contributed by atoms with E-state index in [0.717, 1.165) is 11.1 Å². The van der Waals surface area contributed by atoms with Crippen molar-refractivity contribution < 1.29 is 29.4 Å². The molecule has 2 unspecified atom stereocenters. The Kier molecular flexibility index (Phi) is 10.0. The van der Waals surface area contributed by atoms with Crippen LogP contribution in [0.25, 0.3) is 0 Å². The number of thioether (sulfide) groups is 1. The summed E-state index contributed by atoms with van der Waals surface area (Å²) >= 11 is 1.42. The van der Waals surface area contributed by atoms with Crippen LogP contribution in [-0.2, 0) is 24.9 Å². The molecule has 0 saturated heterocycles. The molecular formula is C18H25N3O6S. The first-order chi connectivity index (χ1) is 13.2. The summed E-state index contributed by atoms with van der Waals surface area (Å²) in [5.41, 5.74) is 7.54. The Bertz CT molecular complexity index is 712. The number of carbonyl (C=O) groups is 4. The van der Waals surface area contributed by atoms with Crippen molar-refractivity contribution >= 4 is 35.5 Å². The van der Waals surface area contributed by atoms with Gasteiger partial charge in [-0.25, -0.2) is 0 Å². The summed E-state index contributed by atoms with van der Waals surface area (Å²) < 4.78 is 0. The standard InChI is InChI=1S/C18H25N3O6S/c1-11-3-2-4-12(7-11)9-28-10-14(17(25)20-8-16(23)24)21-15(22)6-5-13(19)18(26)27/h2-4,7,13-14H,5-6,8-10,19H2,1H3,(H,20,25)(H,21,22)(H,23,24)(H,26,27). The Hall–Kier alpha value is -2.59. The van der Waals surface area contributed by atoms with Crippen LogP contribution >= 0.6 is 11.8 Å². The third kappa shape index (κ3) is 9.38. The molecule has 2 amide bonds. The van der Waals surface area contributed by atoms with Gasteiger partial charge in [0, 0.05) is 17.9 Å². The number of amides is 2. The molecule has 0 aliphatic carbocycles. The Balaban J connectivity index is 2.61. The van der Waals surface area contributed by atoms with E-state index in [-0.39, 0.29) is 18.6 Å². The Morgan fingerprint density at radius 1 is 1.21 bits per heavy atom. The maximum atomic E-state index is 12.2. The van der Waals surface area contributed by atoms with E-state index in [1.807, 2.05) is 31.2 Å². The van der Waals surface area contributed by atoms with Gasteiger partial charge < -0.3 is 26.6 Å².